The highest BCUT2D eigenvalue weighted by molar-refractivity contribution is 5.95. The van der Waals surface area contributed by atoms with Crippen molar-refractivity contribution in [3.05, 3.63) is 72.1 Å². The van der Waals surface area contributed by atoms with Gasteiger partial charge in [0.05, 0.1) is 23.4 Å². The van der Waals surface area contributed by atoms with Gasteiger partial charge in [0.15, 0.2) is 0 Å². The number of aliphatic hydroxyl groups is 1. The fraction of sp³-hybridized carbons (Fsp3) is 0.286. The molecule has 182 valence electrons. The summed E-state index contributed by atoms with van der Waals surface area (Å²) in [7, 11) is 0. The van der Waals surface area contributed by atoms with Crippen LogP contribution in [0.3, 0.4) is 0 Å². The highest BCUT2D eigenvalue weighted by atomic mass is 35.5. The minimum atomic E-state index is -0.222. The summed E-state index contributed by atoms with van der Waals surface area (Å²) in [6.07, 6.45) is 7.18. The SMILES string of the molecule is Cl.N#Cc1ccnc(Nc2cc(C3CC3)cc(-c3ccc4ccnc(N5CCC(O)CC5)c4c3)n2)c1. The Morgan fingerprint density at radius 1 is 0.917 bits per heavy atom. The summed E-state index contributed by atoms with van der Waals surface area (Å²) in [4.78, 5) is 16.3. The molecule has 0 bridgehead atoms. The molecule has 1 aliphatic carbocycles. The predicted molar refractivity (Wildman–Crippen MR) is 144 cm³/mol. The van der Waals surface area contributed by atoms with E-state index in [0.29, 0.717) is 17.3 Å². The van der Waals surface area contributed by atoms with Crippen molar-refractivity contribution in [2.45, 2.75) is 37.7 Å². The summed E-state index contributed by atoms with van der Waals surface area (Å²) >= 11 is 0. The fourth-order valence-corrected chi connectivity index (χ4v) is 4.76. The number of rotatable bonds is 5. The number of hydrogen-bond donors (Lipinski definition) is 2. The average molecular weight is 499 g/mol. The molecule has 1 saturated carbocycles. The molecule has 1 saturated heterocycles. The lowest BCUT2D eigenvalue weighted by atomic mass is 10.0. The summed E-state index contributed by atoms with van der Waals surface area (Å²) in [5, 5.41) is 24.7. The first-order valence-electron chi connectivity index (χ1n) is 12.1. The number of nitrogens with zero attached hydrogens (tertiary/aromatic N) is 5. The first-order valence-corrected chi connectivity index (χ1v) is 12.1. The number of hydrogen-bond acceptors (Lipinski definition) is 7. The Balaban J connectivity index is 0.00000267. The standard InChI is InChI=1S/C28H26N6O.ClH/c29-17-18-5-9-30-26(13-18)33-27-16-22(19-1-2-19)15-25(32-27)21-4-3-20-6-10-31-28(24(20)14-21)34-11-7-23(35)8-12-34;/h3-6,9-10,13-16,19,23,35H,1-2,7-8,11-12H2,(H,30,32,33);1H. The molecule has 1 aliphatic heterocycles. The van der Waals surface area contributed by atoms with Crippen LogP contribution in [0.25, 0.3) is 22.0 Å². The minimum absolute atomic E-state index is 0. The molecular weight excluding hydrogens is 472 g/mol. The maximum absolute atomic E-state index is 9.94. The zero-order valence-electron chi connectivity index (χ0n) is 19.8. The van der Waals surface area contributed by atoms with Crippen LogP contribution in [-0.2, 0) is 0 Å². The quantitative estimate of drug-likeness (QED) is 0.371. The topological polar surface area (TPSA) is 98.0 Å². The lowest BCUT2D eigenvalue weighted by molar-refractivity contribution is 0.145. The van der Waals surface area contributed by atoms with Gasteiger partial charge in [-0.1, -0.05) is 12.1 Å². The molecule has 2 aliphatic rings. The largest absolute Gasteiger partial charge is 0.393 e. The third kappa shape index (κ3) is 4.97. The van der Waals surface area contributed by atoms with E-state index < -0.39 is 0 Å². The van der Waals surface area contributed by atoms with Crippen molar-refractivity contribution in [1.29, 1.82) is 5.26 Å². The van der Waals surface area contributed by atoms with Crippen LogP contribution < -0.4 is 10.2 Å². The number of pyridine rings is 3. The van der Waals surface area contributed by atoms with E-state index in [2.05, 4.69) is 51.6 Å². The lowest BCUT2D eigenvalue weighted by Gasteiger charge is -2.31. The smallest absolute Gasteiger partial charge is 0.136 e. The van der Waals surface area contributed by atoms with Crippen LogP contribution in [0.1, 0.15) is 42.7 Å². The molecule has 3 aromatic heterocycles. The second-order valence-corrected chi connectivity index (χ2v) is 9.40. The molecule has 0 unspecified atom stereocenters. The molecule has 4 heterocycles. The second-order valence-electron chi connectivity index (χ2n) is 9.40. The molecule has 1 aromatic carbocycles. The highest BCUT2D eigenvalue weighted by Gasteiger charge is 2.25. The van der Waals surface area contributed by atoms with Crippen molar-refractivity contribution in [1.82, 2.24) is 15.0 Å². The fourth-order valence-electron chi connectivity index (χ4n) is 4.76. The van der Waals surface area contributed by atoms with E-state index >= 15 is 0 Å². The van der Waals surface area contributed by atoms with Gasteiger partial charge in [0.25, 0.3) is 0 Å². The summed E-state index contributed by atoms with van der Waals surface area (Å²) < 4.78 is 0. The molecule has 4 aromatic rings. The van der Waals surface area contributed by atoms with E-state index in [1.165, 1.54) is 18.4 Å². The number of aliphatic hydroxyl groups excluding tert-OH is 1. The molecule has 2 N–H and O–H groups in total. The van der Waals surface area contributed by atoms with Gasteiger partial charge in [0, 0.05) is 36.4 Å². The third-order valence-corrected chi connectivity index (χ3v) is 6.85. The highest BCUT2D eigenvalue weighted by Crippen LogP contribution is 2.42. The van der Waals surface area contributed by atoms with Crippen LogP contribution in [0.5, 0.6) is 0 Å². The van der Waals surface area contributed by atoms with Crippen molar-refractivity contribution < 1.29 is 5.11 Å². The second kappa shape index (κ2) is 10.1. The molecule has 36 heavy (non-hydrogen) atoms. The molecule has 0 amide bonds. The van der Waals surface area contributed by atoms with Gasteiger partial charge in [-0.3, -0.25) is 0 Å². The van der Waals surface area contributed by atoms with E-state index in [4.69, 9.17) is 9.97 Å². The number of piperidine rings is 1. The zero-order chi connectivity index (χ0) is 23.8. The molecule has 8 heteroatoms. The number of aromatic nitrogens is 3. The van der Waals surface area contributed by atoms with Crippen LogP contribution in [-0.4, -0.2) is 39.3 Å². The van der Waals surface area contributed by atoms with Crippen LogP contribution in [0.15, 0.2) is 60.9 Å². The normalized spacial score (nSPS) is 15.8. The van der Waals surface area contributed by atoms with Gasteiger partial charge in [0.2, 0.25) is 0 Å². The average Bonchev–Trinajstić information content (AvgIpc) is 3.74. The molecule has 6 rings (SSSR count). The zero-order valence-corrected chi connectivity index (χ0v) is 20.6. The first kappa shape index (κ1) is 24.0. The Bertz CT molecular complexity index is 1440. The maximum atomic E-state index is 9.94. The lowest BCUT2D eigenvalue weighted by Crippen LogP contribution is -2.36. The van der Waals surface area contributed by atoms with Gasteiger partial charge in [-0.05, 0) is 78.9 Å². The molecule has 0 radical (unpaired) electrons. The van der Waals surface area contributed by atoms with Gasteiger partial charge in [-0.15, -0.1) is 12.4 Å². The van der Waals surface area contributed by atoms with Crippen molar-refractivity contribution in [3.63, 3.8) is 0 Å². The number of fused-ring (bicyclic) bond motifs is 1. The number of halogens is 1. The Morgan fingerprint density at radius 3 is 2.50 bits per heavy atom. The van der Waals surface area contributed by atoms with Crippen molar-refractivity contribution in [2.75, 3.05) is 23.3 Å². The Hall–Kier alpha value is -3.73. The summed E-state index contributed by atoms with van der Waals surface area (Å²) in [6.45, 7) is 1.60. The molecule has 0 atom stereocenters. The van der Waals surface area contributed by atoms with Gasteiger partial charge in [0.1, 0.15) is 17.5 Å². The van der Waals surface area contributed by atoms with Gasteiger partial charge in [-0.2, -0.15) is 5.26 Å². The number of nitrogens with one attached hydrogen (secondary N) is 1. The number of nitriles is 1. The Labute approximate surface area is 216 Å². The van der Waals surface area contributed by atoms with E-state index in [1.54, 1.807) is 18.3 Å². The Kier molecular flexibility index (Phi) is 6.73. The van der Waals surface area contributed by atoms with Gasteiger partial charge >= 0.3 is 0 Å². The van der Waals surface area contributed by atoms with E-state index in [1.807, 2.05) is 12.3 Å². The molecular formula is C28H27ClN6O. The van der Waals surface area contributed by atoms with Crippen molar-refractivity contribution in [2.24, 2.45) is 0 Å². The van der Waals surface area contributed by atoms with Crippen molar-refractivity contribution >= 4 is 40.6 Å². The van der Waals surface area contributed by atoms with E-state index in [-0.39, 0.29) is 18.5 Å². The van der Waals surface area contributed by atoms with Crippen LogP contribution in [0.4, 0.5) is 17.5 Å². The van der Waals surface area contributed by atoms with Crippen LogP contribution in [0.2, 0.25) is 0 Å². The molecule has 7 nitrogen and oxygen atoms in total. The molecule has 2 fully saturated rings. The monoisotopic (exact) mass is 498 g/mol. The van der Waals surface area contributed by atoms with Crippen LogP contribution in [0, 0.1) is 11.3 Å². The summed E-state index contributed by atoms with van der Waals surface area (Å²) in [6, 6.07) is 18.3. The summed E-state index contributed by atoms with van der Waals surface area (Å²) in [5.41, 5.74) is 3.76. The van der Waals surface area contributed by atoms with E-state index in [9.17, 15) is 10.4 Å². The summed E-state index contributed by atoms with van der Waals surface area (Å²) in [5.74, 6) is 2.86. The maximum Gasteiger partial charge on any atom is 0.136 e. The third-order valence-electron chi connectivity index (χ3n) is 6.85. The number of benzene rings is 1. The Morgan fingerprint density at radius 2 is 1.72 bits per heavy atom. The predicted octanol–water partition coefficient (Wildman–Crippen LogP) is 5.57. The minimum Gasteiger partial charge on any atom is -0.393 e. The van der Waals surface area contributed by atoms with Crippen LogP contribution >= 0.6 is 12.4 Å². The van der Waals surface area contributed by atoms with Gasteiger partial charge in [-0.25, -0.2) is 15.0 Å². The first-order chi connectivity index (χ1) is 17.2. The number of anilines is 3. The molecule has 0 spiro atoms. The van der Waals surface area contributed by atoms with Gasteiger partial charge < -0.3 is 15.3 Å². The van der Waals surface area contributed by atoms with E-state index in [0.717, 1.165) is 59.6 Å². The van der Waals surface area contributed by atoms with Crippen molar-refractivity contribution in [3.8, 4) is 17.3 Å².